The lowest BCUT2D eigenvalue weighted by molar-refractivity contribution is 0.0616. The van der Waals surface area contributed by atoms with Crippen LogP contribution in [-0.4, -0.2) is 61.7 Å². The molecule has 120 valence electrons. The fourth-order valence-electron chi connectivity index (χ4n) is 3.26. The maximum absolute atomic E-state index is 3.58. The molecule has 0 amide bonds. The second-order valence-corrected chi connectivity index (χ2v) is 6.56. The third-order valence-electron chi connectivity index (χ3n) is 5.43. The average molecular weight is 284 g/mol. The standard InChI is InChI=1S/C17H37N3/c1-6-16(5)20-12-10-19(11-13-20)15-17(7-2,8-3)14-18-9-4/h16,18H,6-15H2,1-5H3. The second-order valence-electron chi connectivity index (χ2n) is 6.56. The van der Waals surface area contributed by atoms with Crippen molar-refractivity contribution in [2.24, 2.45) is 5.41 Å². The topological polar surface area (TPSA) is 18.5 Å². The zero-order valence-electron chi connectivity index (χ0n) is 14.5. The molecule has 1 aliphatic heterocycles. The van der Waals surface area contributed by atoms with Crippen molar-refractivity contribution in [2.45, 2.75) is 59.9 Å². The summed E-state index contributed by atoms with van der Waals surface area (Å²) in [6, 6.07) is 0.751. The van der Waals surface area contributed by atoms with Gasteiger partial charge in [0.15, 0.2) is 0 Å². The summed E-state index contributed by atoms with van der Waals surface area (Å²) < 4.78 is 0. The summed E-state index contributed by atoms with van der Waals surface area (Å²) in [7, 11) is 0. The Labute approximate surface area is 127 Å². The normalized spacial score (nSPS) is 20.2. The van der Waals surface area contributed by atoms with E-state index in [4.69, 9.17) is 0 Å². The van der Waals surface area contributed by atoms with Gasteiger partial charge in [-0.15, -0.1) is 0 Å². The van der Waals surface area contributed by atoms with Gasteiger partial charge in [-0.3, -0.25) is 4.90 Å². The van der Waals surface area contributed by atoms with Crippen molar-refractivity contribution in [3.8, 4) is 0 Å². The van der Waals surface area contributed by atoms with Crippen molar-refractivity contribution >= 4 is 0 Å². The van der Waals surface area contributed by atoms with Crippen LogP contribution in [0.1, 0.15) is 53.9 Å². The smallest absolute Gasteiger partial charge is 0.0113 e. The lowest BCUT2D eigenvalue weighted by atomic mass is 9.81. The Hall–Kier alpha value is -0.120. The number of rotatable bonds is 9. The van der Waals surface area contributed by atoms with Crippen LogP contribution in [0.4, 0.5) is 0 Å². The minimum absolute atomic E-state index is 0.467. The van der Waals surface area contributed by atoms with E-state index in [2.05, 4.69) is 49.7 Å². The molecule has 0 aromatic carbocycles. The maximum atomic E-state index is 3.58. The van der Waals surface area contributed by atoms with E-state index in [0.29, 0.717) is 5.41 Å². The monoisotopic (exact) mass is 283 g/mol. The Morgan fingerprint density at radius 2 is 1.60 bits per heavy atom. The summed E-state index contributed by atoms with van der Waals surface area (Å²) in [4.78, 5) is 5.35. The second kappa shape index (κ2) is 9.01. The summed E-state index contributed by atoms with van der Waals surface area (Å²) in [6.45, 7) is 20.1. The molecule has 1 heterocycles. The number of hydrogen-bond donors (Lipinski definition) is 1. The third kappa shape index (κ3) is 5.01. The molecular formula is C17H37N3. The molecule has 0 saturated carbocycles. The first-order valence-corrected chi connectivity index (χ1v) is 8.77. The predicted molar refractivity (Wildman–Crippen MR) is 89.3 cm³/mol. The number of nitrogens with one attached hydrogen (secondary N) is 1. The summed E-state index contributed by atoms with van der Waals surface area (Å²) in [5.74, 6) is 0. The van der Waals surface area contributed by atoms with Gasteiger partial charge < -0.3 is 10.2 Å². The quantitative estimate of drug-likeness (QED) is 0.702. The van der Waals surface area contributed by atoms with Crippen molar-refractivity contribution in [1.29, 1.82) is 0 Å². The zero-order valence-corrected chi connectivity index (χ0v) is 14.5. The van der Waals surface area contributed by atoms with Crippen molar-refractivity contribution in [3.63, 3.8) is 0 Å². The Kier molecular flexibility index (Phi) is 8.08. The average Bonchev–Trinajstić information content (AvgIpc) is 2.51. The van der Waals surface area contributed by atoms with E-state index in [9.17, 15) is 0 Å². The maximum Gasteiger partial charge on any atom is 0.0113 e. The van der Waals surface area contributed by atoms with E-state index in [-0.39, 0.29) is 0 Å². The van der Waals surface area contributed by atoms with Crippen LogP contribution in [0, 0.1) is 5.41 Å². The van der Waals surface area contributed by atoms with Gasteiger partial charge in [-0.1, -0.05) is 27.7 Å². The fraction of sp³-hybridized carbons (Fsp3) is 1.00. The predicted octanol–water partition coefficient (Wildman–Crippen LogP) is 2.82. The molecule has 1 saturated heterocycles. The Balaban J connectivity index is 2.47. The fourth-order valence-corrected chi connectivity index (χ4v) is 3.26. The molecule has 3 nitrogen and oxygen atoms in total. The summed E-state index contributed by atoms with van der Waals surface area (Å²) in [5, 5.41) is 3.58. The van der Waals surface area contributed by atoms with Crippen LogP contribution in [0.5, 0.6) is 0 Å². The molecule has 1 rings (SSSR count). The highest BCUT2D eigenvalue weighted by Gasteiger charge is 2.30. The van der Waals surface area contributed by atoms with Crippen LogP contribution in [0.3, 0.4) is 0 Å². The van der Waals surface area contributed by atoms with Gasteiger partial charge in [0.2, 0.25) is 0 Å². The van der Waals surface area contributed by atoms with Crippen LogP contribution in [-0.2, 0) is 0 Å². The van der Waals surface area contributed by atoms with Crippen LogP contribution < -0.4 is 5.32 Å². The molecule has 1 aliphatic rings. The van der Waals surface area contributed by atoms with Crippen LogP contribution in [0.2, 0.25) is 0 Å². The Morgan fingerprint density at radius 3 is 2.05 bits per heavy atom. The molecule has 0 spiro atoms. The van der Waals surface area contributed by atoms with E-state index in [0.717, 1.165) is 12.6 Å². The molecule has 0 aromatic rings. The van der Waals surface area contributed by atoms with E-state index in [1.165, 1.54) is 58.5 Å². The number of nitrogens with zero attached hydrogens (tertiary/aromatic N) is 2. The molecule has 3 heteroatoms. The van der Waals surface area contributed by atoms with Gasteiger partial charge >= 0.3 is 0 Å². The van der Waals surface area contributed by atoms with E-state index in [1.807, 2.05) is 0 Å². The van der Waals surface area contributed by atoms with Crippen LogP contribution >= 0.6 is 0 Å². The highest BCUT2D eigenvalue weighted by molar-refractivity contribution is 4.85. The minimum atomic E-state index is 0.467. The molecule has 0 aromatic heterocycles. The first kappa shape index (κ1) is 17.9. The number of piperazine rings is 1. The Morgan fingerprint density at radius 1 is 1.00 bits per heavy atom. The molecule has 1 N–H and O–H groups in total. The summed E-state index contributed by atoms with van der Waals surface area (Å²) in [5.41, 5.74) is 0.467. The largest absolute Gasteiger partial charge is 0.316 e. The minimum Gasteiger partial charge on any atom is -0.316 e. The van der Waals surface area contributed by atoms with Gasteiger partial charge in [0.05, 0.1) is 0 Å². The van der Waals surface area contributed by atoms with E-state index >= 15 is 0 Å². The van der Waals surface area contributed by atoms with E-state index < -0.39 is 0 Å². The lowest BCUT2D eigenvalue weighted by Crippen LogP contribution is -2.53. The van der Waals surface area contributed by atoms with Crippen LogP contribution in [0.25, 0.3) is 0 Å². The molecule has 20 heavy (non-hydrogen) atoms. The van der Waals surface area contributed by atoms with Gasteiger partial charge in [0.25, 0.3) is 0 Å². The SMILES string of the molecule is CCNCC(CC)(CC)CN1CCN(C(C)CC)CC1. The number of hydrogen-bond acceptors (Lipinski definition) is 3. The van der Waals surface area contributed by atoms with Crippen LogP contribution in [0.15, 0.2) is 0 Å². The van der Waals surface area contributed by atoms with Crippen molar-refractivity contribution in [1.82, 2.24) is 15.1 Å². The van der Waals surface area contributed by atoms with E-state index in [1.54, 1.807) is 0 Å². The van der Waals surface area contributed by atoms with Gasteiger partial charge in [-0.2, -0.15) is 0 Å². The molecule has 1 fully saturated rings. The van der Waals surface area contributed by atoms with Gasteiger partial charge in [-0.05, 0) is 38.1 Å². The molecule has 0 bridgehead atoms. The summed E-state index contributed by atoms with van der Waals surface area (Å²) in [6.07, 6.45) is 3.83. The highest BCUT2D eigenvalue weighted by atomic mass is 15.3. The molecule has 1 atom stereocenters. The first-order valence-electron chi connectivity index (χ1n) is 8.77. The third-order valence-corrected chi connectivity index (χ3v) is 5.43. The van der Waals surface area contributed by atoms with Crippen molar-refractivity contribution in [3.05, 3.63) is 0 Å². The highest BCUT2D eigenvalue weighted by Crippen LogP contribution is 2.27. The van der Waals surface area contributed by atoms with Gasteiger partial charge in [-0.25, -0.2) is 0 Å². The first-order chi connectivity index (χ1) is 9.60. The molecule has 1 unspecified atom stereocenters. The summed E-state index contributed by atoms with van der Waals surface area (Å²) >= 11 is 0. The van der Waals surface area contributed by atoms with Gasteiger partial charge in [0.1, 0.15) is 0 Å². The van der Waals surface area contributed by atoms with Crippen molar-refractivity contribution in [2.75, 3.05) is 45.8 Å². The lowest BCUT2D eigenvalue weighted by Gasteiger charge is -2.43. The Bertz CT molecular complexity index is 243. The molecule has 0 radical (unpaired) electrons. The molecule has 0 aliphatic carbocycles. The van der Waals surface area contributed by atoms with Gasteiger partial charge in [0, 0.05) is 45.3 Å². The van der Waals surface area contributed by atoms with Crippen molar-refractivity contribution < 1.29 is 0 Å². The molecular weight excluding hydrogens is 246 g/mol. The zero-order chi connectivity index (χ0) is 15.0.